The molecule has 1 saturated heterocycles. The molecule has 0 aromatic carbocycles. The predicted molar refractivity (Wildman–Crippen MR) is 150 cm³/mol. The van der Waals surface area contributed by atoms with Crippen molar-refractivity contribution in [2.75, 3.05) is 19.7 Å². The molecule has 9 unspecified atom stereocenters. The first-order valence-corrected chi connectivity index (χ1v) is 15.3. The van der Waals surface area contributed by atoms with Crippen molar-refractivity contribution in [1.82, 2.24) is 21.1 Å². The molecule has 1 saturated carbocycles. The van der Waals surface area contributed by atoms with Gasteiger partial charge in [0.15, 0.2) is 0 Å². The van der Waals surface area contributed by atoms with Crippen molar-refractivity contribution < 1.29 is 9.84 Å². The number of halogens is 3. The van der Waals surface area contributed by atoms with Gasteiger partial charge in [0.05, 0.1) is 17.5 Å². The van der Waals surface area contributed by atoms with Crippen LogP contribution in [0.4, 0.5) is 0 Å². The molecule has 4 rings (SSSR count). The normalized spacial score (nSPS) is 39.4. The SMILES string of the molecule is CCCOC1CCC(CNC(O)C2NN(C3CCC(Cl)CC3Cl)C(C3=CCC(Cl)CC3)C=C2C)CN1. The fourth-order valence-corrected chi connectivity index (χ4v) is 7.08. The molecule has 0 amide bonds. The summed E-state index contributed by atoms with van der Waals surface area (Å²) >= 11 is 19.7. The van der Waals surface area contributed by atoms with Gasteiger partial charge >= 0.3 is 0 Å². The third-order valence-corrected chi connectivity index (χ3v) is 9.48. The summed E-state index contributed by atoms with van der Waals surface area (Å²) in [5, 5.41) is 20.8. The highest BCUT2D eigenvalue weighted by atomic mass is 35.5. The number of nitrogens with one attached hydrogen (secondary N) is 3. The third-order valence-electron chi connectivity index (χ3n) is 8.22. The van der Waals surface area contributed by atoms with Crippen molar-refractivity contribution in [3.63, 3.8) is 0 Å². The van der Waals surface area contributed by atoms with Gasteiger partial charge in [-0.15, -0.1) is 34.8 Å². The topological polar surface area (TPSA) is 68.8 Å². The Morgan fingerprint density at radius 1 is 1.17 bits per heavy atom. The van der Waals surface area contributed by atoms with Gasteiger partial charge in [0, 0.05) is 36.5 Å². The van der Waals surface area contributed by atoms with Gasteiger partial charge in [-0.2, -0.15) is 0 Å². The van der Waals surface area contributed by atoms with Crippen LogP contribution in [0.5, 0.6) is 0 Å². The van der Waals surface area contributed by atoms with E-state index in [0.717, 1.165) is 83.1 Å². The number of hydrazine groups is 1. The number of piperidine rings is 1. The summed E-state index contributed by atoms with van der Waals surface area (Å²) in [4.78, 5) is 0. The second kappa shape index (κ2) is 14.0. The van der Waals surface area contributed by atoms with Crippen LogP contribution >= 0.6 is 34.8 Å². The maximum atomic E-state index is 11.2. The first-order chi connectivity index (χ1) is 17.4. The van der Waals surface area contributed by atoms with Crippen LogP contribution in [0.15, 0.2) is 23.3 Å². The van der Waals surface area contributed by atoms with E-state index < -0.39 is 6.23 Å². The molecule has 4 N–H and O–H groups in total. The van der Waals surface area contributed by atoms with E-state index in [9.17, 15) is 5.11 Å². The van der Waals surface area contributed by atoms with Crippen molar-refractivity contribution in [1.29, 1.82) is 0 Å². The molecule has 0 aromatic heterocycles. The van der Waals surface area contributed by atoms with Gasteiger partial charge in [0.25, 0.3) is 0 Å². The van der Waals surface area contributed by atoms with E-state index in [2.05, 4.69) is 47.1 Å². The standard InChI is InChI=1S/C27H45Cl3N4O2/c1-3-12-36-25-11-4-18(15-31-25)16-32-27(35)26-17(2)13-24(19-5-7-20(28)8-6-19)34(33-26)23-10-9-21(29)14-22(23)30/h5,13,18,20-27,31-33,35H,3-4,6-12,14-16H2,1-2H3. The summed E-state index contributed by atoms with van der Waals surface area (Å²) in [5.41, 5.74) is 6.25. The van der Waals surface area contributed by atoms with E-state index in [0.29, 0.717) is 5.92 Å². The Bertz CT molecular complexity index is 761. The van der Waals surface area contributed by atoms with Gasteiger partial charge < -0.3 is 9.84 Å². The van der Waals surface area contributed by atoms with E-state index in [-0.39, 0.29) is 40.5 Å². The van der Waals surface area contributed by atoms with Crippen molar-refractivity contribution in [2.24, 2.45) is 5.92 Å². The average Bonchev–Trinajstić information content (AvgIpc) is 2.87. The molecule has 2 heterocycles. The lowest BCUT2D eigenvalue weighted by Gasteiger charge is -2.48. The Hall–Kier alpha value is 0.110. The minimum absolute atomic E-state index is 0.0324. The van der Waals surface area contributed by atoms with E-state index in [4.69, 9.17) is 39.5 Å². The molecule has 9 atom stereocenters. The molecule has 0 aromatic rings. The highest BCUT2D eigenvalue weighted by Gasteiger charge is 2.41. The minimum Gasteiger partial charge on any atom is -0.377 e. The number of aliphatic hydroxyl groups excluding tert-OH is 1. The van der Waals surface area contributed by atoms with Gasteiger partial charge in [-0.25, -0.2) is 10.4 Å². The molecular weight excluding hydrogens is 519 g/mol. The fraction of sp³-hybridized carbons (Fsp3) is 0.852. The van der Waals surface area contributed by atoms with E-state index in [1.165, 1.54) is 5.57 Å². The molecule has 2 aliphatic carbocycles. The Morgan fingerprint density at radius 2 is 2.00 bits per heavy atom. The zero-order chi connectivity index (χ0) is 25.7. The molecule has 9 heteroatoms. The van der Waals surface area contributed by atoms with Crippen LogP contribution in [0.1, 0.15) is 71.6 Å². The largest absolute Gasteiger partial charge is 0.377 e. The quantitative estimate of drug-likeness (QED) is 0.186. The summed E-state index contributed by atoms with van der Waals surface area (Å²) < 4.78 is 5.83. The zero-order valence-corrected chi connectivity index (χ0v) is 24.0. The van der Waals surface area contributed by atoms with Gasteiger partial charge in [0.1, 0.15) is 12.5 Å². The molecule has 6 nitrogen and oxygen atoms in total. The van der Waals surface area contributed by atoms with Gasteiger partial charge in [-0.05, 0) is 70.6 Å². The maximum absolute atomic E-state index is 11.2. The Morgan fingerprint density at radius 3 is 2.67 bits per heavy atom. The van der Waals surface area contributed by atoms with Crippen molar-refractivity contribution in [3.8, 4) is 0 Å². The van der Waals surface area contributed by atoms with E-state index in [1.54, 1.807) is 0 Å². The van der Waals surface area contributed by atoms with E-state index in [1.807, 2.05) is 0 Å². The van der Waals surface area contributed by atoms with Crippen LogP contribution < -0.4 is 16.1 Å². The fourth-order valence-electron chi connectivity index (χ4n) is 6.01. The van der Waals surface area contributed by atoms with Crippen LogP contribution in [0.2, 0.25) is 0 Å². The van der Waals surface area contributed by atoms with Crippen LogP contribution in [-0.2, 0) is 4.74 Å². The number of allylic oxidation sites excluding steroid dienone is 1. The number of alkyl halides is 3. The molecule has 0 spiro atoms. The van der Waals surface area contributed by atoms with Gasteiger partial charge in [-0.3, -0.25) is 10.6 Å². The Balaban J connectivity index is 1.40. The van der Waals surface area contributed by atoms with Crippen LogP contribution in [0.25, 0.3) is 0 Å². The summed E-state index contributed by atoms with van der Waals surface area (Å²) in [5.74, 6) is 0.472. The molecule has 206 valence electrons. The first-order valence-electron chi connectivity index (χ1n) is 14.0. The predicted octanol–water partition coefficient (Wildman–Crippen LogP) is 4.64. The Kier molecular flexibility index (Phi) is 11.3. The third kappa shape index (κ3) is 7.61. The average molecular weight is 564 g/mol. The number of aliphatic hydroxyl groups is 1. The lowest BCUT2D eigenvalue weighted by atomic mass is 9.86. The number of hydrogen-bond donors (Lipinski definition) is 4. The smallest absolute Gasteiger partial charge is 0.125 e. The monoisotopic (exact) mass is 562 g/mol. The second-order valence-corrected chi connectivity index (χ2v) is 12.9. The second-order valence-electron chi connectivity index (χ2n) is 11.1. The summed E-state index contributed by atoms with van der Waals surface area (Å²) in [6, 6.07) is 0.0716. The zero-order valence-electron chi connectivity index (χ0n) is 21.8. The number of rotatable bonds is 9. The number of hydrogen-bond acceptors (Lipinski definition) is 6. The lowest BCUT2D eigenvalue weighted by molar-refractivity contribution is -0.00495. The van der Waals surface area contributed by atoms with Crippen LogP contribution in [0, 0.1) is 5.92 Å². The minimum atomic E-state index is -0.690. The molecule has 2 aliphatic heterocycles. The molecule has 4 aliphatic rings. The summed E-state index contributed by atoms with van der Waals surface area (Å²) in [6.07, 6.45) is 12.8. The number of ether oxygens (including phenoxy) is 1. The van der Waals surface area contributed by atoms with Crippen LogP contribution in [-0.4, -0.2) is 76.5 Å². The molecule has 0 radical (unpaired) electrons. The van der Waals surface area contributed by atoms with Gasteiger partial charge in [0.2, 0.25) is 0 Å². The maximum Gasteiger partial charge on any atom is 0.125 e. The van der Waals surface area contributed by atoms with Crippen LogP contribution in [0.3, 0.4) is 0 Å². The highest BCUT2D eigenvalue weighted by molar-refractivity contribution is 6.24. The molecule has 36 heavy (non-hydrogen) atoms. The highest BCUT2D eigenvalue weighted by Crippen LogP contribution is 2.36. The Labute approximate surface area is 232 Å². The van der Waals surface area contributed by atoms with Crippen molar-refractivity contribution in [2.45, 2.75) is 118 Å². The van der Waals surface area contributed by atoms with Crippen molar-refractivity contribution >= 4 is 34.8 Å². The number of nitrogens with zero attached hydrogens (tertiary/aromatic N) is 1. The first kappa shape index (κ1) is 29.1. The van der Waals surface area contributed by atoms with E-state index >= 15 is 0 Å². The lowest BCUT2D eigenvalue weighted by Crippen LogP contribution is -2.65. The molecule has 0 bridgehead atoms. The molecular formula is C27H45Cl3N4O2. The van der Waals surface area contributed by atoms with Crippen molar-refractivity contribution in [3.05, 3.63) is 23.3 Å². The summed E-state index contributed by atoms with van der Waals surface area (Å²) in [7, 11) is 0. The summed E-state index contributed by atoms with van der Waals surface area (Å²) in [6.45, 7) is 6.72. The van der Waals surface area contributed by atoms with Gasteiger partial charge in [-0.1, -0.05) is 30.2 Å². The molecule has 2 fully saturated rings.